The fraction of sp³-hybridized carbons (Fsp3) is 0.348. The number of benzene rings is 1. The molecule has 1 aliphatic heterocycles. The second kappa shape index (κ2) is 6.23. The summed E-state index contributed by atoms with van der Waals surface area (Å²) in [6.45, 7) is 1.84. The first-order chi connectivity index (χ1) is 14.9. The highest BCUT2D eigenvalue weighted by atomic mass is 16.6. The lowest BCUT2D eigenvalue weighted by molar-refractivity contribution is -0.384. The van der Waals surface area contributed by atoms with Gasteiger partial charge in [-0.2, -0.15) is 10.1 Å². The number of allylic oxidation sites excluding steroid dienone is 2. The number of nitro benzene ring substituents is 1. The summed E-state index contributed by atoms with van der Waals surface area (Å²) in [6, 6.07) is 7.93. The van der Waals surface area contributed by atoms with Gasteiger partial charge in [-0.1, -0.05) is 18.2 Å². The van der Waals surface area contributed by atoms with Crippen LogP contribution in [0.3, 0.4) is 0 Å². The van der Waals surface area contributed by atoms with Crippen LogP contribution in [0, 0.1) is 52.5 Å². The van der Waals surface area contributed by atoms with Gasteiger partial charge in [0.25, 0.3) is 17.5 Å². The molecule has 6 unspecified atom stereocenters. The Morgan fingerprint density at radius 1 is 1.10 bits per heavy atom. The zero-order valence-electron chi connectivity index (χ0n) is 16.7. The van der Waals surface area contributed by atoms with E-state index in [4.69, 9.17) is 4.42 Å². The molecule has 0 spiro atoms. The van der Waals surface area contributed by atoms with E-state index in [1.165, 1.54) is 18.3 Å². The quantitative estimate of drug-likeness (QED) is 0.249. The van der Waals surface area contributed by atoms with Crippen LogP contribution in [0.15, 0.2) is 52.0 Å². The lowest BCUT2D eigenvalue weighted by atomic mass is 9.63. The van der Waals surface area contributed by atoms with Gasteiger partial charge in [0.1, 0.15) is 11.5 Å². The number of hydrogen-bond acceptors (Lipinski definition) is 6. The molecule has 8 nitrogen and oxygen atoms in total. The van der Waals surface area contributed by atoms with Crippen LogP contribution in [0.2, 0.25) is 0 Å². The first kappa shape index (κ1) is 18.2. The van der Waals surface area contributed by atoms with E-state index in [1.807, 2.05) is 6.92 Å². The molecule has 5 aliphatic rings. The minimum atomic E-state index is -0.454. The van der Waals surface area contributed by atoms with Gasteiger partial charge in [-0.3, -0.25) is 19.7 Å². The Morgan fingerprint density at radius 2 is 1.77 bits per heavy atom. The highest BCUT2D eigenvalue weighted by Crippen LogP contribution is 2.65. The summed E-state index contributed by atoms with van der Waals surface area (Å²) in [5, 5.41) is 16.3. The number of nitro groups is 1. The van der Waals surface area contributed by atoms with Gasteiger partial charge in [0.05, 0.1) is 23.0 Å². The summed E-state index contributed by atoms with van der Waals surface area (Å²) >= 11 is 0. The lowest BCUT2D eigenvalue weighted by Crippen LogP contribution is -2.40. The van der Waals surface area contributed by atoms with E-state index in [1.54, 1.807) is 18.2 Å². The number of carbonyl (C=O) groups excluding carboxylic acids is 2. The SMILES string of the molecule is Cc1ccc([N+](=O)[O-])cc1-c1ccc(/C=N/N2C(=O)C3C4C=CC(C5CC45)C3C2=O)o1. The highest BCUT2D eigenvalue weighted by molar-refractivity contribution is 6.06. The largest absolute Gasteiger partial charge is 0.455 e. The van der Waals surface area contributed by atoms with Gasteiger partial charge in [-0.15, -0.1) is 0 Å². The average Bonchev–Trinajstić information content (AvgIpc) is 3.40. The van der Waals surface area contributed by atoms with Gasteiger partial charge in [-0.05, 0) is 54.7 Å². The minimum absolute atomic E-state index is 0.0237. The zero-order valence-corrected chi connectivity index (χ0v) is 16.7. The number of carbonyl (C=O) groups is 2. The maximum absolute atomic E-state index is 13.0. The second-order valence-electron chi connectivity index (χ2n) is 8.85. The van der Waals surface area contributed by atoms with Gasteiger partial charge in [0.2, 0.25) is 0 Å². The number of hydrogen-bond donors (Lipinski definition) is 0. The lowest BCUT2D eigenvalue weighted by Gasteiger charge is -2.37. The van der Waals surface area contributed by atoms with Gasteiger partial charge in [0, 0.05) is 17.7 Å². The highest BCUT2D eigenvalue weighted by Gasteiger charge is 2.67. The monoisotopic (exact) mass is 417 g/mol. The molecule has 4 aliphatic carbocycles. The molecule has 2 amide bonds. The first-order valence-corrected chi connectivity index (χ1v) is 10.4. The fourth-order valence-electron chi connectivity index (χ4n) is 5.73. The topological polar surface area (TPSA) is 106 Å². The number of non-ortho nitro benzene ring substituents is 1. The molecular weight excluding hydrogens is 398 g/mol. The molecule has 1 aromatic carbocycles. The molecule has 6 atom stereocenters. The Bertz CT molecular complexity index is 1180. The van der Waals surface area contributed by atoms with Crippen LogP contribution >= 0.6 is 0 Å². The number of furan rings is 1. The number of aryl methyl sites for hydroxylation is 1. The van der Waals surface area contributed by atoms with Crippen LogP contribution < -0.4 is 0 Å². The van der Waals surface area contributed by atoms with Crippen molar-refractivity contribution in [2.24, 2.45) is 40.6 Å². The molecule has 2 heterocycles. The Balaban J connectivity index is 1.25. The van der Waals surface area contributed by atoms with E-state index in [0.29, 0.717) is 28.9 Å². The number of hydrazone groups is 1. The van der Waals surface area contributed by atoms with Gasteiger partial charge >= 0.3 is 0 Å². The Hall–Kier alpha value is -3.55. The van der Waals surface area contributed by atoms with E-state index in [9.17, 15) is 19.7 Å². The zero-order chi connectivity index (χ0) is 21.4. The molecule has 1 aromatic heterocycles. The van der Waals surface area contributed by atoms with E-state index in [0.717, 1.165) is 17.0 Å². The third kappa shape index (κ3) is 2.57. The van der Waals surface area contributed by atoms with E-state index in [-0.39, 0.29) is 41.2 Å². The maximum atomic E-state index is 13.0. The molecule has 8 heteroatoms. The van der Waals surface area contributed by atoms with Crippen LogP contribution in [0.5, 0.6) is 0 Å². The summed E-state index contributed by atoms with van der Waals surface area (Å²) < 4.78 is 5.78. The second-order valence-corrected chi connectivity index (χ2v) is 8.85. The van der Waals surface area contributed by atoms with Crippen LogP contribution in [0.1, 0.15) is 17.7 Å². The van der Waals surface area contributed by atoms with Crippen molar-refractivity contribution in [2.45, 2.75) is 13.3 Å². The predicted octanol–water partition coefficient (Wildman–Crippen LogP) is 3.55. The summed E-state index contributed by atoms with van der Waals surface area (Å²) in [4.78, 5) is 36.5. The fourth-order valence-corrected chi connectivity index (χ4v) is 5.73. The number of nitrogens with zero attached hydrogens (tertiary/aromatic N) is 3. The Labute approximate surface area is 177 Å². The van der Waals surface area contributed by atoms with Crippen LogP contribution in [-0.2, 0) is 9.59 Å². The summed E-state index contributed by atoms with van der Waals surface area (Å²) in [5.41, 5.74) is 1.42. The van der Waals surface area contributed by atoms with Crippen molar-refractivity contribution in [2.75, 3.05) is 0 Å². The van der Waals surface area contributed by atoms with Crippen molar-refractivity contribution in [1.82, 2.24) is 5.01 Å². The van der Waals surface area contributed by atoms with Gasteiger partial charge in [-0.25, -0.2) is 0 Å². The van der Waals surface area contributed by atoms with Crippen molar-refractivity contribution >= 4 is 23.7 Å². The third-order valence-electron chi connectivity index (χ3n) is 7.26. The Morgan fingerprint density at radius 3 is 2.42 bits per heavy atom. The predicted molar refractivity (Wildman–Crippen MR) is 110 cm³/mol. The Kier molecular flexibility index (Phi) is 3.66. The van der Waals surface area contributed by atoms with Gasteiger partial charge in [0.15, 0.2) is 0 Å². The van der Waals surface area contributed by atoms with Crippen molar-refractivity contribution in [1.29, 1.82) is 0 Å². The first-order valence-electron chi connectivity index (χ1n) is 10.4. The standard InChI is InChI=1S/C23H19N3O5/c1-11-2-3-12(26(29)30)8-16(11)19-7-4-13(31-19)10-24-25-22(27)20-14-5-6-15(18-9-17(14)18)21(20)23(25)28/h2-8,10,14-15,17-18,20-21H,9H2,1H3/b24-10+. The van der Waals surface area contributed by atoms with Crippen molar-refractivity contribution < 1.29 is 18.9 Å². The van der Waals surface area contributed by atoms with Crippen LogP contribution in [-0.4, -0.2) is 28.0 Å². The van der Waals surface area contributed by atoms with Crippen molar-refractivity contribution in [3.05, 3.63) is 63.9 Å². The molecule has 31 heavy (non-hydrogen) atoms. The number of rotatable bonds is 4. The summed E-state index contributed by atoms with van der Waals surface area (Å²) in [5.74, 6) is 1.19. The molecule has 0 radical (unpaired) electrons. The molecule has 1 saturated heterocycles. The van der Waals surface area contributed by atoms with Crippen LogP contribution in [0.4, 0.5) is 5.69 Å². The molecule has 3 fully saturated rings. The maximum Gasteiger partial charge on any atom is 0.270 e. The molecule has 2 aromatic rings. The number of imide groups is 1. The van der Waals surface area contributed by atoms with Crippen LogP contribution in [0.25, 0.3) is 11.3 Å². The number of amides is 2. The minimum Gasteiger partial charge on any atom is -0.455 e. The smallest absolute Gasteiger partial charge is 0.270 e. The summed E-state index contributed by atoms with van der Waals surface area (Å²) in [7, 11) is 0. The van der Waals surface area contributed by atoms with E-state index in [2.05, 4.69) is 17.3 Å². The van der Waals surface area contributed by atoms with E-state index < -0.39 is 4.92 Å². The molecule has 7 rings (SSSR count). The summed E-state index contributed by atoms with van der Waals surface area (Å²) in [6.07, 6.45) is 6.72. The van der Waals surface area contributed by atoms with Crippen molar-refractivity contribution in [3.63, 3.8) is 0 Å². The molecule has 156 valence electrons. The molecule has 2 bridgehead atoms. The molecule has 2 saturated carbocycles. The normalized spacial score (nSPS) is 32.6. The molecular formula is C23H19N3O5. The van der Waals surface area contributed by atoms with Gasteiger partial charge < -0.3 is 4.42 Å². The van der Waals surface area contributed by atoms with Crippen molar-refractivity contribution in [3.8, 4) is 11.3 Å². The average molecular weight is 417 g/mol. The molecule has 0 N–H and O–H groups in total. The van der Waals surface area contributed by atoms with E-state index >= 15 is 0 Å². The third-order valence-corrected chi connectivity index (χ3v) is 7.26.